The zero-order valence-electron chi connectivity index (χ0n) is 21.4. The lowest BCUT2D eigenvalue weighted by Gasteiger charge is -2.25. The van der Waals surface area contributed by atoms with Crippen LogP contribution in [0.1, 0.15) is 53.0 Å². The molecule has 0 aliphatic carbocycles. The van der Waals surface area contributed by atoms with Crippen molar-refractivity contribution in [3.63, 3.8) is 0 Å². The molecule has 12 heteroatoms. The maximum atomic E-state index is 12.9. The molecule has 0 aromatic heterocycles. The van der Waals surface area contributed by atoms with Gasteiger partial charge in [-0.25, -0.2) is 8.42 Å². The lowest BCUT2D eigenvalue weighted by molar-refractivity contribution is -0.140. The number of fused-ring (bicyclic) bond motifs is 1. The number of nitrogens with zero attached hydrogens (tertiary/aromatic N) is 1. The summed E-state index contributed by atoms with van der Waals surface area (Å²) in [4.78, 5) is 51.6. The van der Waals surface area contributed by atoms with Crippen LogP contribution in [0.15, 0.2) is 48.5 Å². The van der Waals surface area contributed by atoms with E-state index in [2.05, 4.69) is 15.4 Å². The average molecular weight is 545 g/mol. The molecule has 1 aliphatic rings. The van der Waals surface area contributed by atoms with Gasteiger partial charge in [-0.05, 0) is 42.5 Å². The standard InChI is InChI=1S/C26H32N4O7S/c1-16(2)13-22(23(31)27-15-17-7-5-4-6-8-17)28-21(26(34)35)11-12-30-24(32)19-10-9-18(29-38(3,36)37)14-20(19)25(30)33/h4-10,14,16,21-22,28-29H,11-13,15H2,1-3H3,(H,27,31)(H,34,35)/t21?,22-/m0/s1. The first-order chi connectivity index (χ1) is 17.9. The van der Waals surface area contributed by atoms with Gasteiger partial charge in [-0.15, -0.1) is 0 Å². The van der Waals surface area contributed by atoms with Gasteiger partial charge in [0.1, 0.15) is 6.04 Å². The van der Waals surface area contributed by atoms with Gasteiger partial charge in [0.2, 0.25) is 15.9 Å². The van der Waals surface area contributed by atoms with Crippen LogP contribution in [0.2, 0.25) is 0 Å². The molecular formula is C26H32N4O7S. The minimum atomic E-state index is -3.58. The fourth-order valence-corrected chi connectivity index (χ4v) is 4.74. The number of benzene rings is 2. The highest BCUT2D eigenvalue weighted by Crippen LogP contribution is 2.26. The molecule has 11 nitrogen and oxygen atoms in total. The summed E-state index contributed by atoms with van der Waals surface area (Å²) in [5.74, 6) is -2.72. The Bertz CT molecular complexity index is 1310. The van der Waals surface area contributed by atoms with E-state index >= 15 is 0 Å². The summed E-state index contributed by atoms with van der Waals surface area (Å²) in [6, 6.07) is 11.3. The molecule has 0 fully saturated rings. The van der Waals surface area contributed by atoms with Crippen LogP contribution in [0, 0.1) is 5.92 Å². The summed E-state index contributed by atoms with van der Waals surface area (Å²) in [7, 11) is -3.58. The van der Waals surface area contributed by atoms with Crippen molar-refractivity contribution in [2.45, 2.75) is 45.3 Å². The fourth-order valence-electron chi connectivity index (χ4n) is 4.18. The minimum absolute atomic E-state index is 0.0291. The number of carboxylic acids is 1. The molecule has 2 aromatic carbocycles. The molecule has 0 spiro atoms. The second-order valence-corrected chi connectivity index (χ2v) is 11.4. The first-order valence-electron chi connectivity index (χ1n) is 12.1. The lowest BCUT2D eigenvalue weighted by Crippen LogP contribution is -2.52. The van der Waals surface area contributed by atoms with E-state index in [1.807, 2.05) is 44.2 Å². The Morgan fingerprint density at radius 2 is 1.63 bits per heavy atom. The molecule has 0 bridgehead atoms. The Morgan fingerprint density at radius 3 is 2.24 bits per heavy atom. The second kappa shape index (κ2) is 12.2. The Balaban J connectivity index is 1.68. The van der Waals surface area contributed by atoms with E-state index < -0.39 is 39.9 Å². The first kappa shape index (κ1) is 28.8. The van der Waals surface area contributed by atoms with E-state index in [9.17, 15) is 32.7 Å². The smallest absolute Gasteiger partial charge is 0.320 e. The number of nitrogens with one attached hydrogen (secondary N) is 3. The van der Waals surface area contributed by atoms with Gasteiger partial charge >= 0.3 is 5.97 Å². The van der Waals surface area contributed by atoms with Crippen molar-refractivity contribution < 1.29 is 32.7 Å². The van der Waals surface area contributed by atoms with E-state index in [4.69, 9.17) is 0 Å². The van der Waals surface area contributed by atoms with Crippen LogP contribution in [0.3, 0.4) is 0 Å². The molecule has 2 atom stereocenters. The van der Waals surface area contributed by atoms with Crippen molar-refractivity contribution in [2.75, 3.05) is 17.5 Å². The molecule has 1 heterocycles. The normalized spacial score (nSPS) is 14.8. The van der Waals surface area contributed by atoms with E-state index in [0.29, 0.717) is 13.0 Å². The largest absolute Gasteiger partial charge is 0.480 e. The van der Waals surface area contributed by atoms with Gasteiger partial charge in [-0.2, -0.15) is 0 Å². The highest BCUT2D eigenvalue weighted by Gasteiger charge is 2.37. The first-order valence-corrected chi connectivity index (χ1v) is 14.0. The number of carbonyl (C=O) groups is 4. The third kappa shape index (κ3) is 7.62. The van der Waals surface area contributed by atoms with Gasteiger partial charge in [0, 0.05) is 18.8 Å². The maximum Gasteiger partial charge on any atom is 0.320 e. The number of sulfonamides is 1. The van der Waals surface area contributed by atoms with Gasteiger partial charge in [0.05, 0.1) is 23.4 Å². The van der Waals surface area contributed by atoms with Crippen molar-refractivity contribution in [2.24, 2.45) is 5.92 Å². The molecule has 0 saturated carbocycles. The highest BCUT2D eigenvalue weighted by molar-refractivity contribution is 7.92. The van der Waals surface area contributed by atoms with Crippen LogP contribution in [-0.4, -0.2) is 67.0 Å². The van der Waals surface area contributed by atoms with Crippen LogP contribution in [0.5, 0.6) is 0 Å². The van der Waals surface area contributed by atoms with Crippen molar-refractivity contribution in [3.05, 3.63) is 65.2 Å². The molecule has 0 radical (unpaired) electrons. The minimum Gasteiger partial charge on any atom is -0.480 e. The molecule has 1 aliphatic heterocycles. The van der Waals surface area contributed by atoms with Crippen molar-refractivity contribution >= 4 is 39.4 Å². The lowest BCUT2D eigenvalue weighted by atomic mass is 10.0. The summed E-state index contributed by atoms with van der Waals surface area (Å²) in [6.45, 7) is 3.92. The van der Waals surface area contributed by atoms with Gasteiger partial charge in [-0.1, -0.05) is 44.2 Å². The summed E-state index contributed by atoms with van der Waals surface area (Å²) in [5, 5.41) is 15.5. The zero-order valence-corrected chi connectivity index (χ0v) is 22.2. The number of carboxylic acid groups (broad SMARTS) is 1. The van der Waals surface area contributed by atoms with Crippen molar-refractivity contribution in [1.29, 1.82) is 0 Å². The third-order valence-electron chi connectivity index (χ3n) is 5.95. The van der Waals surface area contributed by atoms with E-state index in [1.54, 1.807) is 0 Å². The molecule has 1 unspecified atom stereocenters. The number of rotatable bonds is 13. The Labute approximate surface area is 221 Å². The van der Waals surface area contributed by atoms with Crippen molar-refractivity contribution in [1.82, 2.24) is 15.5 Å². The zero-order chi connectivity index (χ0) is 28.0. The Kier molecular flexibility index (Phi) is 9.23. The topological polar surface area (TPSA) is 162 Å². The monoisotopic (exact) mass is 544 g/mol. The average Bonchev–Trinajstić information content (AvgIpc) is 3.07. The van der Waals surface area contributed by atoms with Gasteiger partial charge in [-0.3, -0.25) is 34.1 Å². The number of amides is 3. The van der Waals surface area contributed by atoms with E-state index in [0.717, 1.165) is 16.7 Å². The predicted octanol–water partition coefficient (Wildman–Crippen LogP) is 1.82. The van der Waals surface area contributed by atoms with Gasteiger partial charge in [0.25, 0.3) is 11.8 Å². The third-order valence-corrected chi connectivity index (χ3v) is 6.56. The van der Waals surface area contributed by atoms with Gasteiger partial charge < -0.3 is 10.4 Å². The number of anilines is 1. The van der Waals surface area contributed by atoms with E-state index in [1.165, 1.54) is 18.2 Å². The van der Waals surface area contributed by atoms with Crippen LogP contribution in [0.25, 0.3) is 0 Å². The fraction of sp³-hybridized carbons (Fsp3) is 0.385. The number of aliphatic carboxylic acids is 1. The number of imide groups is 1. The highest BCUT2D eigenvalue weighted by atomic mass is 32.2. The van der Waals surface area contributed by atoms with Crippen LogP contribution in [0.4, 0.5) is 5.69 Å². The molecule has 0 saturated heterocycles. The molecule has 2 aromatic rings. The predicted molar refractivity (Wildman–Crippen MR) is 141 cm³/mol. The van der Waals surface area contributed by atoms with Crippen LogP contribution >= 0.6 is 0 Å². The molecular weight excluding hydrogens is 512 g/mol. The molecule has 3 rings (SSSR count). The molecule has 4 N–H and O–H groups in total. The van der Waals surface area contributed by atoms with Crippen molar-refractivity contribution in [3.8, 4) is 0 Å². The molecule has 3 amide bonds. The quantitative estimate of drug-likeness (QED) is 0.278. The van der Waals surface area contributed by atoms with Crippen LogP contribution in [-0.2, 0) is 26.2 Å². The maximum absolute atomic E-state index is 12.9. The summed E-state index contributed by atoms with van der Waals surface area (Å²) in [6.07, 6.45) is 1.22. The van der Waals surface area contributed by atoms with Crippen LogP contribution < -0.4 is 15.4 Å². The number of hydrogen-bond donors (Lipinski definition) is 4. The number of carbonyl (C=O) groups excluding carboxylic acids is 3. The second-order valence-electron chi connectivity index (χ2n) is 9.63. The summed E-state index contributed by atoms with van der Waals surface area (Å²) >= 11 is 0. The summed E-state index contributed by atoms with van der Waals surface area (Å²) in [5.41, 5.74) is 1.17. The Hall–Kier alpha value is -3.77. The van der Waals surface area contributed by atoms with E-state index in [-0.39, 0.29) is 41.6 Å². The Morgan fingerprint density at radius 1 is 0.974 bits per heavy atom. The SMILES string of the molecule is CC(C)C[C@H](NC(CCN1C(=O)c2ccc(NS(C)(=O)=O)cc2C1=O)C(=O)O)C(=O)NCc1ccccc1. The number of hydrogen-bond acceptors (Lipinski definition) is 7. The molecule has 38 heavy (non-hydrogen) atoms. The molecule has 204 valence electrons. The summed E-state index contributed by atoms with van der Waals surface area (Å²) < 4.78 is 25.3. The van der Waals surface area contributed by atoms with Gasteiger partial charge in [0.15, 0.2) is 0 Å².